The minimum Gasteiger partial charge on any atom is -0.481 e. The number of rotatable bonds is 2. The van der Waals surface area contributed by atoms with Gasteiger partial charge in [-0.05, 0) is 6.42 Å². The van der Waals surface area contributed by atoms with Crippen molar-refractivity contribution in [3.8, 4) is 0 Å². The largest absolute Gasteiger partial charge is 0.481 e. The van der Waals surface area contributed by atoms with Gasteiger partial charge in [0.1, 0.15) is 0 Å². The van der Waals surface area contributed by atoms with Crippen molar-refractivity contribution in [1.29, 1.82) is 0 Å². The Labute approximate surface area is 121 Å². The van der Waals surface area contributed by atoms with Gasteiger partial charge in [-0.2, -0.15) is 13.2 Å². The van der Waals surface area contributed by atoms with Crippen LogP contribution >= 0.6 is 23.2 Å². The average Bonchev–Trinajstić information content (AvgIpc) is 2.78. The van der Waals surface area contributed by atoms with Crippen molar-refractivity contribution in [2.45, 2.75) is 12.6 Å². The molecule has 0 radical (unpaired) electrons. The van der Waals surface area contributed by atoms with Crippen LogP contribution in [0.3, 0.4) is 0 Å². The van der Waals surface area contributed by atoms with Crippen LogP contribution in [0, 0.1) is 5.41 Å². The molecule has 1 N–H and O–H groups in total. The zero-order chi connectivity index (χ0) is 15.1. The van der Waals surface area contributed by atoms with E-state index in [1.807, 2.05) is 0 Å². The summed E-state index contributed by atoms with van der Waals surface area (Å²) in [5, 5.41) is 15.7. The van der Waals surface area contributed by atoms with E-state index in [9.17, 15) is 18.0 Å². The van der Waals surface area contributed by atoms with Gasteiger partial charge in [0.15, 0.2) is 15.7 Å². The zero-order valence-corrected chi connectivity index (χ0v) is 11.3. The van der Waals surface area contributed by atoms with Gasteiger partial charge in [-0.3, -0.25) is 4.79 Å². The van der Waals surface area contributed by atoms with E-state index >= 15 is 0 Å². The van der Waals surface area contributed by atoms with Gasteiger partial charge in [-0.25, -0.2) is 0 Å². The number of nitrogens with zero attached hydrogens (tertiary/aromatic N) is 3. The fourth-order valence-corrected chi connectivity index (χ4v) is 2.46. The molecule has 5 nitrogen and oxygen atoms in total. The molecule has 1 fully saturated rings. The van der Waals surface area contributed by atoms with Crippen LogP contribution in [0.15, 0.2) is 6.07 Å². The third-order valence-corrected chi connectivity index (χ3v) is 3.72. The quantitative estimate of drug-likeness (QED) is 0.903. The fourth-order valence-electron chi connectivity index (χ4n) is 2.11. The first-order valence-corrected chi connectivity index (χ1v) is 6.17. The lowest BCUT2D eigenvalue weighted by Gasteiger charge is -2.27. The number of aromatic nitrogens is 2. The minimum atomic E-state index is -4.86. The predicted octanol–water partition coefficient (Wildman–Crippen LogP) is 2.63. The molecular formula is C10H8Cl2F3N3O2. The Kier molecular flexibility index (Phi) is 3.72. The lowest BCUT2D eigenvalue weighted by molar-refractivity contribution is -0.225. The van der Waals surface area contributed by atoms with Crippen molar-refractivity contribution >= 4 is 34.9 Å². The predicted molar refractivity (Wildman–Crippen MR) is 65.0 cm³/mol. The first-order chi connectivity index (χ1) is 9.17. The maximum atomic E-state index is 13.0. The molecule has 0 saturated carbocycles. The topological polar surface area (TPSA) is 66.3 Å². The Morgan fingerprint density at radius 2 is 2.05 bits per heavy atom. The summed E-state index contributed by atoms with van der Waals surface area (Å²) in [4.78, 5) is 12.3. The number of carboxylic acids is 1. The SMILES string of the molecule is O=C(O)C1(C(F)(F)F)CCN(c2cc(Cl)nnc2Cl)C1. The maximum Gasteiger partial charge on any atom is 0.406 e. The van der Waals surface area contributed by atoms with Gasteiger partial charge in [0.05, 0.1) is 5.69 Å². The monoisotopic (exact) mass is 329 g/mol. The van der Waals surface area contributed by atoms with Crippen LogP contribution in [-0.2, 0) is 4.79 Å². The summed E-state index contributed by atoms with van der Waals surface area (Å²) in [6.45, 7) is -0.860. The molecule has 0 aromatic carbocycles. The number of carboxylic acid groups (broad SMARTS) is 1. The molecule has 0 amide bonds. The van der Waals surface area contributed by atoms with Crippen LogP contribution in [-0.4, -0.2) is 40.5 Å². The van der Waals surface area contributed by atoms with Crippen LogP contribution in [0.1, 0.15) is 6.42 Å². The molecule has 2 rings (SSSR count). The molecule has 20 heavy (non-hydrogen) atoms. The summed E-state index contributed by atoms with van der Waals surface area (Å²) in [5.41, 5.74) is -2.68. The van der Waals surface area contributed by atoms with Crippen molar-refractivity contribution < 1.29 is 23.1 Å². The lowest BCUT2D eigenvalue weighted by atomic mass is 9.86. The summed E-state index contributed by atoms with van der Waals surface area (Å²) in [5.74, 6) is -1.91. The van der Waals surface area contributed by atoms with Gasteiger partial charge in [-0.1, -0.05) is 23.2 Å². The Hall–Kier alpha value is -1.28. The number of hydrogen-bond acceptors (Lipinski definition) is 4. The Morgan fingerprint density at radius 3 is 2.55 bits per heavy atom. The van der Waals surface area contributed by atoms with Gasteiger partial charge >= 0.3 is 12.1 Å². The van der Waals surface area contributed by atoms with E-state index in [0.29, 0.717) is 0 Å². The van der Waals surface area contributed by atoms with E-state index in [2.05, 4.69) is 10.2 Å². The molecule has 1 aromatic heterocycles. The zero-order valence-electron chi connectivity index (χ0n) is 9.79. The van der Waals surface area contributed by atoms with E-state index in [1.165, 1.54) is 11.0 Å². The Morgan fingerprint density at radius 1 is 1.40 bits per heavy atom. The van der Waals surface area contributed by atoms with Crippen molar-refractivity contribution in [2.24, 2.45) is 5.41 Å². The van der Waals surface area contributed by atoms with Gasteiger partial charge in [-0.15, -0.1) is 10.2 Å². The van der Waals surface area contributed by atoms with E-state index < -0.39 is 30.5 Å². The van der Waals surface area contributed by atoms with Crippen molar-refractivity contribution in [3.05, 3.63) is 16.4 Å². The standard InChI is InChI=1S/C10H8Cl2F3N3O2/c11-6-3-5(7(12)17-16-6)18-2-1-9(4-18,8(19)20)10(13,14)15/h3H,1-2,4H2,(H,19,20). The lowest BCUT2D eigenvalue weighted by Crippen LogP contribution is -2.47. The highest BCUT2D eigenvalue weighted by molar-refractivity contribution is 6.33. The third kappa shape index (κ3) is 2.37. The molecule has 2 heterocycles. The van der Waals surface area contributed by atoms with Gasteiger partial charge < -0.3 is 10.0 Å². The number of anilines is 1. The summed E-state index contributed by atoms with van der Waals surface area (Å²) in [6, 6.07) is 1.26. The summed E-state index contributed by atoms with van der Waals surface area (Å²) >= 11 is 11.4. The number of carbonyl (C=O) groups is 1. The second-order valence-corrected chi connectivity index (χ2v) is 5.14. The summed E-state index contributed by atoms with van der Waals surface area (Å²) in [6.07, 6.45) is -5.42. The van der Waals surface area contributed by atoms with E-state index in [-0.39, 0.29) is 22.5 Å². The first-order valence-electron chi connectivity index (χ1n) is 5.41. The van der Waals surface area contributed by atoms with Gasteiger partial charge in [0.25, 0.3) is 0 Å². The number of halogens is 5. The van der Waals surface area contributed by atoms with Crippen LogP contribution < -0.4 is 4.90 Å². The van der Waals surface area contributed by atoms with Crippen molar-refractivity contribution in [3.63, 3.8) is 0 Å². The molecule has 1 aromatic rings. The number of aliphatic carboxylic acids is 1. The highest BCUT2D eigenvalue weighted by Crippen LogP contribution is 2.47. The fraction of sp³-hybridized carbons (Fsp3) is 0.500. The molecule has 0 aliphatic carbocycles. The van der Waals surface area contributed by atoms with Crippen LogP contribution in [0.5, 0.6) is 0 Å². The van der Waals surface area contributed by atoms with E-state index in [1.54, 1.807) is 0 Å². The maximum absolute atomic E-state index is 13.0. The summed E-state index contributed by atoms with van der Waals surface area (Å²) < 4.78 is 39.1. The summed E-state index contributed by atoms with van der Waals surface area (Å²) in [7, 11) is 0. The second kappa shape index (κ2) is 4.92. The molecular weight excluding hydrogens is 322 g/mol. The minimum absolute atomic E-state index is 0.0377. The van der Waals surface area contributed by atoms with E-state index in [4.69, 9.17) is 28.3 Å². The Bertz CT molecular complexity index is 555. The van der Waals surface area contributed by atoms with E-state index in [0.717, 1.165) is 0 Å². The van der Waals surface area contributed by atoms with Crippen LogP contribution in [0.2, 0.25) is 10.3 Å². The third-order valence-electron chi connectivity index (χ3n) is 3.26. The highest BCUT2D eigenvalue weighted by atomic mass is 35.5. The molecule has 1 unspecified atom stereocenters. The molecule has 1 atom stereocenters. The Balaban J connectivity index is 2.36. The molecule has 0 bridgehead atoms. The van der Waals surface area contributed by atoms with Crippen LogP contribution in [0.4, 0.5) is 18.9 Å². The smallest absolute Gasteiger partial charge is 0.406 e. The van der Waals surface area contributed by atoms with Crippen molar-refractivity contribution in [2.75, 3.05) is 18.0 Å². The molecule has 10 heteroatoms. The molecule has 1 aliphatic heterocycles. The average molecular weight is 330 g/mol. The van der Waals surface area contributed by atoms with Crippen LogP contribution in [0.25, 0.3) is 0 Å². The number of alkyl halides is 3. The second-order valence-electron chi connectivity index (χ2n) is 4.40. The first kappa shape index (κ1) is 15.1. The van der Waals surface area contributed by atoms with Gasteiger partial charge in [0, 0.05) is 19.2 Å². The molecule has 110 valence electrons. The normalized spacial score (nSPS) is 23.1. The molecule has 0 spiro atoms. The highest BCUT2D eigenvalue weighted by Gasteiger charge is 2.63. The molecule has 1 saturated heterocycles. The molecule has 1 aliphatic rings. The van der Waals surface area contributed by atoms with Crippen molar-refractivity contribution in [1.82, 2.24) is 10.2 Å². The number of hydrogen-bond donors (Lipinski definition) is 1. The van der Waals surface area contributed by atoms with Gasteiger partial charge in [0.2, 0.25) is 0 Å².